The Bertz CT molecular complexity index is 743. The van der Waals surface area contributed by atoms with Crippen LogP contribution >= 0.6 is 23.2 Å². The first kappa shape index (κ1) is 17.0. The van der Waals surface area contributed by atoms with Gasteiger partial charge in [0.1, 0.15) is 11.0 Å². The van der Waals surface area contributed by atoms with Crippen LogP contribution in [-0.2, 0) is 17.7 Å². The minimum absolute atomic E-state index is 0.149. The zero-order valence-corrected chi connectivity index (χ0v) is 15.4. The fourth-order valence-corrected chi connectivity index (χ4v) is 4.02. The summed E-state index contributed by atoms with van der Waals surface area (Å²) in [7, 11) is 0. The minimum Gasteiger partial charge on any atom is -0.374 e. The highest BCUT2D eigenvalue weighted by Crippen LogP contribution is 2.32. The highest BCUT2D eigenvalue weighted by Gasteiger charge is 2.29. The second kappa shape index (κ2) is 7.46. The molecule has 2 aromatic rings. The topological polar surface area (TPSA) is 41.5 Å². The maximum atomic E-state index is 6.19. The number of rotatable bonds is 4. The summed E-state index contributed by atoms with van der Waals surface area (Å²) in [5.41, 5.74) is 2.32. The normalized spacial score (nSPS) is 20.7. The van der Waals surface area contributed by atoms with Crippen molar-refractivity contribution < 1.29 is 4.74 Å². The van der Waals surface area contributed by atoms with Gasteiger partial charge in [-0.3, -0.25) is 4.90 Å². The minimum atomic E-state index is 0.149. The summed E-state index contributed by atoms with van der Waals surface area (Å²) in [6, 6.07) is 10.6. The Labute approximate surface area is 157 Å². The maximum Gasteiger partial charge on any atom is 0.225 e. The molecule has 0 aliphatic carbocycles. The second-order valence-corrected chi connectivity index (χ2v) is 7.19. The summed E-state index contributed by atoms with van der Waals surface area (Å²) >= 11 is 12.2. The number of hydrogen-bond donors (Lipinski definition) is 0. The number of halogens is 2. The predicted octanol–water partition coefficient (Wildman–Crippen LogP) is 3.05. The van der Waals surface area contributed by atoms with Crippen LogP contribution in [0.15, 0.2) is 30.3 Å². The summed E-state index contributed by atoms with van der Waals surface area (Å²) in [5.74, 6) is 0.855. The van der Waals surface area contributed by atoms with Crippen LogP contribution in [0.3, 0.4) is 0 Å². The van der Waals surface area contributed by atoms with Gasteiger partial charge in [0.05, 0.1) is 12.7 Å². The molecule has 0 spiro atoms. The molecule has 5 nitrogen and oxygen atoms in total. The van der Waals surface area contributed by atoms with Gasteiger partial charge in [-0.25, -0.2) is 9.97 Å². The van der Waals surface area contributed by atoms with E-state index in [-0.39, 0.29) is 11.4 Å². The first-order chi connectivity index (χ1) is 12.2. The summed E-state index contributed by atoms with van der Waals surface area (Å²) in [4.78, 5) is 13.1. The predicted molar refractivity (Wildman–Crippen MR) is 99.4 cm³/mol. The SMILES string of the molecule is Clc1nc(Cl)c2c(n1)N(CC1CN(Cc3ccccc3)CCO1)CC2. The van der Waals surface area contributed by atoms with Crippen LogP contribution in [0.4, 0.5) is 5.82 Å². The molecule has 25 heavy (non-hydrogen) atoms. The molecule has 1 saturated heterocycles. The molecule has 0 amide bonds. The van der Waals surface area contributed by atoms with Gasteiger partial charge in [-0.1, -0.05) is 41.9 Å². The van der Waals surface area contributed by atoms with Gasteiger partial charge in [-0.15, -0.1) is 0 Å². The molecule has 1 aromatic carbocycles. The molecule has 2 aliphatic rings. The summed E-state index contributed by atoms with van der Waals surface area (Å²) < 4.78 is 5.99. The van der Waals surface area contributed by atoms with Crippen molar-refractivity contribution in [2.75, 3.05) is 37.7 Å². The number of nitrogens with zero attached hydrogens (tertiary/aromatic N) is 4. The number of aromatic nitrogens is 2. The molecular weight excluding hydrogens is 359 g/mol. The fraction of sp³-hybridized carbons (Fsp3) is 0.444. The van der Waals surface area contributed by atoms with Crippen LogP contribution in [-0.4, -0.2) is 53.8 Å². The van der Waals surface area contributed by atoms with Gasteiger partial charge < -0.3 is 9.64 Å². The molecule has 0 saturated carbocycles. The Morgan fingerprint density at radius 1 is 1.12 bits per heavy atom. The third-order valence-corrected chi connectivity index (χ3v) is 5.22. The number of hydrogen-bond acceptors (Lipinski definition) is 5. The molecule has 132 valence electrons. The van der Waals surface area contributed by atoms with Crippen molar-refractivity contribution >= 4 is 29.0 Å². The summed E-state index contributed by atoms with van der Waals surface area (Å²) in [6.45, 7) is 5.25. The quantitative estimate of drug-likeness (QED) is 0.604. The van der Waals surface area contributed by atoms with Crippen molar-refractivity contribution in [1.82, 2.24) is 14.9 Å². The van der Waals surface area contributed by atoms with Crippen molar-refractivity contribution in [1.29, 1.82) is 0 Å². The third-order valence-electron chi connectivity index (χ3n) is 4.73. The molecule has 7 heteroatoms. The lowest BCUT2D eigenvalue weighted by atomic mass is 10.2. The van der Waals surface area contributed by atoms with Crippen molar-refractivity contribution in [2.45, 2.75) is 19.1 Å². The Kier molecular flexibility index (Phi) is 5.08. The average Bonchev–Trinajstić information content (AvgIpc) is 2.99. The van der Waals surface area contributed by atoms with Gasteiger partial charge in [0.25, 0.3) is 0 Å². The van der Waals surface area contributed by atoms with Crippen LogP contribution in [0.2, 0.25) is 10.4 Å². The zero-order chi connectivity index (χ0) is 17.2. The lowest BCUT2D eigenvalue weighted by Crippen LogP contribution is -2.47. The van der Waals surface area contributed by atoms with E-state index in [0.29, 0.717) is 5.15 Å². The molecule has 4 rings (SSSR count). The largest absolute Gasteiger partial charge is 0.374 e. The van der Waals surface area contributed by atoms with Crippen LogP contribution in [0.5, 0.6) is 0 Å². The van der Waals surface area contributed by atoms with Crippen molar-refractivity contribution in [3.63, 3.8) is 0 Å². The van der Waals surface area contributed by atoms with Crippen LogP contribution in [0, 0.1) is 0 Å². The van der Waals surface area contributed by atoms with Crippen molar-refractivity contribution in [3.05, 3.63) is 51.9 Å². The van der Waals surface area contributed by atoms with Gasteiger partial charge in [0, 0.05) is 38.3 Å². The number of ether oxygens (including phenoxy) is 1. The van der Waals surface area contributed by atoms with Crippen LogP contribution in [0.25, 0.3) is 0 Å². The van der Waals surface area contributed by atoms with E-state index >= 15 is 0 Å². The molecule has 2 aliphatic heterocycles. The van der Waals surface area contributed by atoms with Gasteiger partial charge in [0.15, 0.2) is 0 Å². The lowest BCUT2D eigenvalue weighted by molar-refractivity contribution is -0.0267. The number of anilines is 1. The molecule has 1 aromatic heterocycles. The monoisotopic (exact) mass is 378 g/mol. The van der Waals surface area contributed by atoms with E-state index in [2.05, 4.69) is 50.1 Å². The Hall–Kier alpha value is -1.40. The third kappa shape index (κ3) is 3.90. The standard InChI is InChI=1S/C18H20Cl2N4O/c19-16-15-6-7-24(17(15)22-18(20)21-16)12-14-11-23(8-9-25-14)10-13-4-2-1-3-5-13/h1-5,14H,6-12H2. The first-order valence-corrected chi connectivity index (χ1v) is 9.29. The van der Waals surface area contributed by atoms with E-state index in [0.717, 1.165) is 57.1 Å². The molecule has 0 bridgehead atoms. The van der Waals surface area contributed by atoms with Gasteiger partial charge in [-0.2, -0.15) is 0 Å². The molecule has 0 N–H and O–H groups in total. The van der Waals surface area contributed by atoms with E-state index in [1.165, 1.54) is 5.56 Å². The molecule has 0 radical (unpaired) electrons. The van der Waals surface area contributed by atoms with Crippen molar-refractivity contribution in [2.24, 2.45) is 0 Å². The molecule has 3 heterocycles. The Morgan fingerprint density at radius 3 is 2.80 bits per heavy atom. The zero-order valence-electron chi connectivity index (χ0n) is 13.9. The molecule has 1 unspecified atom stereocenters. The lowest BCUT2D eigenvalue weighted by Gasteiger charge is -2.35. The van der Waals surface area contributed by atoms with E-state index in [1.807, 2.05) is 0 Å². The summed E-state index contributed by atoms with van der Waals surface area (Å²) in [6.07, 6.45) is 1.00. The molecule has 1 fully saturated rings. The first-order valence-electron chi connectivity index (χ1n) is 8.54. The van der Waals surface area contributed by atoms with E-state index in [1.54, 1.807) is 0 Å². The van der Waals surface area contributed by atoms with Crippen molar-refractivity contribution in [3.8, 4) is 0 Å². The van der Waals surface area contributed by atoms with E-state index < -0.39 is 0 Å². The second-order valence-electron chi connectivity index (χ2n) is 6.50. The van der Waals surface area contributed by atoms with Gasteiger partial charge in [-0.05, 0) is 23.6 Å². The highest BCUT2D eigenvalue weighted by molar-refractivity contribution is 6.32. The number of morpholine rings is 1. The van der Waals surface area contributed by atoms with E-state index in [4.69, 9.17) is 27.9 Å². The Balaban J connectivity index is 1.41. The number of benzene rings is 1. The van der Waals surface area contributed by atoms with Crippen LogP contribution in [0.1, 0.15) is 11.1 Å². The van der Waals surface area contributed by atoms with Crippen LogP contribution < -0.4 is 4.90 Å². The smallest absolute Gasteiger partial charge is 0.225 e. The fourth-order valence-electron chi connectivity index (χ4n) is 3.55. The molecule has 1 atom stereocenters. The molecular formula is C18H20Cl2N4O. The Morgan fingerprint density at radius 2 is 1.96 bits per heavy atom. The average molecular weight is 379 g/mol. The van der Waals surface area contributed by atoms with E-state index in [9.17, 15) is 0 Å². The summed E-state index contributed by atoms with van der Waals surface area (Å²) in [5, 5.41) is 0.665. The number of fused-ring (bicyclic) bond motifs is 1. The highest BCUT2D eigenvalue weighted by atomic mass is 35.5. The van der Waals surface area contributed by atoms with Gasteiger partial charge >= 0.3 is 0 Å². The maximum absolute atomic E-state index is 6.19. The van der Waals surface area contributed by atoms with Gasteiger partial charge in [0.2, 0.25) is 5.28 Å².